The van der Waals surface area contributed by atoms with E-state index in [4.69, 9.17) is 4.42 Å². The van der Waals surface area contributed by atoms with E-state index in [9.17, 15) is 9.90 Å². The second-order valence-corrected chi connectivity index (χ2v) is 4.62. The second kappa shape index (κ2) is 6.56. The maximum atomic E-state index is 11.4. The number of carbonyl (C=O) groups excluding carboxylic acids is 1. The van der Waals surface area contributed by atoms with Crippen LogP contribution in [0, 0.1) is 12.8 Å². The van der Waals surface area contributed by atoms with Gasteiger partial charge in [0.2, 0.25) is 0 Å². The highest BCUT2D eigenvalue weighted by Gasteiger charge is 2.15. The Morgan fingerprint density at radius 2 is 2.22 bits per heavy atom. The maximum Gasteiger partial charge on any atom is 0.341 e. The number of hydrogen-bond acceptors (Lipinski definition) is 5. The van der Waals surface area contributed by atoms with Crippen LogP contribution >= 0.6 is 0 Å². The number of aliphatic hydroxyl groups is 1. The second-order valence-electron chi connectivity index (χ2n) is 4.62. The van der Waals surface area contributed by atoms with Crippen LogP contribution in [0.4, 0.5) is 0 Å². The van der Waals surface area contributed by atoms with Gasteiger partial charge in [-0.15, -0.1) is 0 Å². The van der Waals surface area contributed by atoms with Crippen molar-refractivity contribution >= 4 is 5.97 Å². The summed E-state index contributed by atoms with van der Waals surface area (Å²) in [5, 5.41) is 12.7. The molecule has 2 N–H and O–H groups in total. The fourth-order valence-corrected chi connectivity index (χ4v) is 1.52. The molecule has 0 saturated carbocycles. The lowest BCUT2D eigenvalue weighted by Crippen LogP contribution is -2.30. The van der Waals surface area contributed by atoms with Crippen molar-refractivity contribution in [2.45, 2.75) is 33.4 Å². The van der Waals surface area contributed by atoms with Crippen molar-refractivity contribution in [3.05, 3.63) is 23.2 Å². The Hall–Kier alpha value is -1.33. The van der Waals surface area contributed by atoms with Gasteiger partial charge in [-0.2, -0.15) is 0 Å². The topological polar surface area (TPSA) is 71.7 Å². The van der Waals surface area contributed by atoms with Crippen molar-refractivity contribution in [2.75, 3.05) is 13.7 Å². The first-order valence-electron chi connectivity index (χ1n) is 6.02. The number of aryl methyl sites for hydroxylation is 1. The van der Waals surface area contributed by atoms with Gasteiger partial charge in [-0.3, -0.25) is 0 Å². The summed E-state index contributed by atoms with van der Waals surface area (Å²) in [6, 6.07) is 1.66. The number of hydrogen-bond donors (Lipinski definition) is 2. The van der Waals surface area contributed by atoms with E-state index in [0.717, 1.165) is 0 Å². The lowest BCUT2D eigenvalue weighted by molar-refractivity contribution is 0.0599. The van der Waals surface area contributed by atoms with Gasteiger partial charge in [0.15, 0.2) is 0 Å². The fraction of sp³-hybridized carbons (Fsp3) is 0.615. The molecule has 0 aliphatic carbocycles. The van der Waals surface area contributed by atoms with Crippen LogP contribution in [0.5, 0.6) is 0 Å². The Morgan fingerprint density at radius 3 is 2.78 bits per heavy atom. The summed E-state index contributed by atoms with van der Waals surface area (Å²) in [6.45, 7) is 6.60. The van der Waals surface area contributed by atoms with Gasteiger partial charge in [0, 0.05) is 6.54 Å². The average molecular weight is 255 g/mol. The smallest absolute Gasteiger partial charge is 0.341 e. The molecule has 1 aromatic rings. The summed E-state index contributed by atoms with van der Waals surface area (Å²) in [5.74, 6) is 1.01. The molecule has 1 rings (SSSR count). The maximum absolute atomic E-state index is 11.4. The Kier molecular flexibility index (Phi) is 5.37. The van der Waals surface area contributed by atoms with Crippen LogP contribution in [-0.2, 0) is 11.3 Å². The number of carbonyl (C=O) groups is 1. The minimum Gasteiger partial charge on any atom is -0.465 e. The van der Waals surface area contributed by atoms with Crippen molar-refractivity contribution in [1.82, 2.24) is 5.32 Å². The van der Waals surface area contributed by atoms with E-state index in [-0.39, 0.29) is 12.0 Å². The molecule has 0 bridgehead atoms. The third-order valence-corrected chi connectivity index (χ3v) is 2.80. The predicted octanol–water partition coefficient (Wildman–Crippen LogP) is 1.48. The van der Waals surface area contributed by atoms with Crippen LogP contribution in [0.3, 0.4) is 0 Å². The zero-order valence-electron chi connectivity index (χ0n) is 11.3. The molecule has 1 unspecified atom stereocenters. The molecule has 0 aromatic carbocycles. The third-order valence-electron chi connectivity index (χ3n) is 2.80. The van der Waals surface area contributed by atoms with E-state index < -0.39 is 5.97 Å². The quantitative estimate of drug-likeness (QED) is 0.753. The minimum absolute atomic E-state index is 0.210. The molecular formula is C13H21NO4. The van der Waals surface area contributed by atoms with Gasteiger partial charge in [-0.25, -0.2) is 4.79 Å². The molecule has 5 heteroatoms. The normalized spacial score (nSPS) is 12.8. The van der Waals surface area contributed by atoms with Gasteiger partial charge < -0.3 is 19.6 Å². The van der Waals surface area contributed by atoms with Gasteiger partial charge in [0.1, 0.15) is 17.1 Å². The number of aliphatic hydroxyl groups excluding tert-OH is 1. The largest absolute Gasteiger partial charge is 0.465 e. The Labute approximate surface area is 107 Å². The number of ether oxygens (including phenoxy) is 1. The number of furan rings is 1. The van der Waals surface area contributed by atoms with Crippen LogP contribution < -0.4 is 5.32 Å². The molecule has 102 valence electrons. The molecule has 0 aliphatic rings. The lowest BCUT2D eigenvalue weighted by Gasteiger charge is -2.14. The van der Waals surface area contributed by atoms with Gasteiger partial charge >= 0.3 is 5.97 Å². The molecule has 1 atom stereocenters. The van der Waals surface area contributed by atoms with E-state index >= 15 is 0 Å². The summed E-state index contributed by atoms with van der Waals surface area (Å²) in [5.41, 5.74) is 0.443. The molecule has 1 heterocycles. The fourth-order valence-electron chi connectivity index (χ4n) is 1.52. The Balaban J connectivity index is 2.51. The summed E-state index contributed by atoms with van der Waals surface area (Å²) >= 11 is 0. The summed E-state index contributed by atoms with van der Waals surface area (Å²) in [6.07, 6.45) is -0.388. The molecule has 0 fully saturated rings. The van der Waals surface area contributed by atoms with E-state index in [1.165, 1.54) is 7.11 Å². The Morgan fingerprint density at radius 1 is 1.56 bits per heavy atom. The molecule has 0 aliphatic heterocycles. The molecule has 18 heavy (non-hydrogen) atoms. The van der Waals surface area contributed by atoms with Crippen LogP contribution in [-0.4, -0.2) is 30.8 Å². The third kappa shape index (κ3) is 3.85. The number of rotatable bonds is 6. The highest BCUT2D eigenvalue weighted by Crippen LogP contribution is 2.15. The van der Waals surface area contributed by atoms with Crippen molar-refractivity contribution in [3.63, 3.8) is 0 Å². The standard InChI is InChI=1S/C13H21NO4/c1-8(2)12(15)7-14-6-10-5-11(9(3)18-10)13(16)17-4/h5,8,12,14-15H,6-7H2,1-4H3. The molecule has 0 spiro atoms. The molecule has 5 nitrogen and oxygen atoms in total. The highest BCUT2D eigenvalue weighted by atomic mass is 16.5. The Bertz CT molecular complexity index is 398. The van der Waals surface area contributed by atoms with Crippen molar-refractivity contribution in [3.8, 4) is 0 Å². The first-order valence-corrected chi connectivity index (χ1v) is 6.02. The number of methoxy groups -OCH3 is 1. The average Bonchev–Trinajstić information content (AvgIpc) is 2.69. The molecule has 0 amide bonds. The monoisotopic (exact) mass is 255 g/mol. The van der Waals surface area contributed by atoms with Crippen LogP contribution in [0.25, 0.3) is 0 Å². The predicted molar refractivity (Wildman–Crippen MR) is 67.3 cm³/mol. The van der Waals surface area contributed by atoms with Crippen molar-refractivity contribution < 1.29 is 19.1 Å². The molecular weight excluding hydrogens is 234 g/mol. The highest BCUT2D eigenvalue weighted by molar-refractivity contribution is 5.90. The van der Waals surface area contributed by atoms with Crippen molar-refractivity contribution in [2.24, 2.45) is 5.92 Å². The van der Waals surface area contributed by atoms with Crippen LogP contribution in [0.2, 0.25) is 0 Å². The first-order chi connectivity index (χ1) is 8.45. The SMILES string of the molecule is COC(=O)c1cc(CNCC(O)C(C)C)oc1C. The number of nitrogens with one attached hydrogen (secondary N) is 1. The van der Waals surface area contributed by atoms with E-state index in [0.29, 0.717) is 30.2 Å². The lowest BCUT2D eigenvalue weighted by atomic mass is 10.1. The summed E-state index contributed by atoms with van der Waals surface area (Å²) in [4.78, 5) is 11.4. The van der Waals surface area contributed by atoms with Crippen LogP contribution in [0.1, 0.15) is 35.7 Å². The van der Waals surface area contributed by atoms with Crippen molar-refractivity contribution in [1.29, 1.82) is 0 Å². The molecule has 1 aromatic heterocycles. The summed E-state index contributed by atoms with van der Waals surface area (Å²) in [7, 11) is 1.34. The minimum atomic E-state index is -0.398. The van der Waals surface area contributed by atoms with E-state index in [1.807, 2.05) is 13.8 Å². The van der Waals surface area contributed by atoms with Gasteiger partial charge in [0.25, 0.3) is 0 Å². The first kappa shape index (κ1) is 14.7. The molecule has 0 radical (unpaired) electrons. The van der Waals surface area contributed by atoms with E-state index in [1.54, 1.807) is 13.0 Å². The van der Waals surface area contributed by atoms with Crippen LogP contribution in [0.15, 0.2) is 10.5 Å². The zero-order valence-corrected chi connectivity index (χ0v) is 11.3. The molecule has 0 saturated heterocycles. The van der Waals surface area contributed by atoms with Gasteiger partial charge in [-0.05, 0) is 18.9 Å². The van der Waals surface area contributed by atoms with Gasteiger partial charge in [-0.1, -0.05) is 13.8 Å². The zero-order chi connectivity index (χ0) is 13.7. The van der Waals surface area contributed by atoms with E-state index in [2.05, 4.69) is 10.1 Å². The number of esters is 1. The van der Waals surface area contributed by atoms with Gasteiger partial charge in [0.05, 0.1) is 19.8 Å². The summed E-state index contributed by atoms with van der Waals surface area (Å²) < 4.78 is 10.1.